The molecule has 1 aromatic rings. The first-order valence-corrected chi connectivity index (χ1v) is 6.91. The Morgan fingerprint density at radius 2 is 1.86 bits per heavy atom. The molecule has 0 spiro atoms. The Morgan fingerprint density at radius 1 is 1.29 bits per heavy atom. The van der Waals surface area contributed by atoms with E-state index in [4.69, 9.17) is 9.47 Å². The molecule has 0 unspecified atom stereocenters. The second-order valence-electron chi connectivity index (χ2n) is 5.07. The van der Waals surface area contributed by atoms with Crippen LogP contribution in [-0.4, -0.2) is 23.5 Å². The van der Waals surface area contributed by atoms with E-state index in [1.165, 1.54) is 32.0 Å². The maximum absolute atomic E-state index is 13.1. The fourth-order valence-electron chi connectivity index (χ4n) is 1.94. The van der Waals surface area contributed by atoms with Crippen molar-refractivity contribution in [3.05, 3.63) is 34.1 Å². The van der Waals surface area contributed by atoms with Crippen LogP contribution in [0.3, 0.4) is 0 Å². The summed E-state index contributed by atoms with van der Waals surface area (Å²) in [7, 11) is 0. The van der Waals surface area contributed by atoms with Crippen LogP contribution in [0.15, 0.2) is 22.7 Å². The molecule has 1 fully saturated rings. The molecule has 0 amide bonds. The van der Waals surface area contributed by atoms with Crippen LogP contribution in [0.2, 0.25) is 0 Å². The normalized spacial score (nSPS) is 18.1. The number of hydrogen-bond donors (Lipinski definition) is 0. The van der Waals surface area contributed by atoms with Crippen LogP contribution >= 0.6 is 15.9 Å². The minimum Gasteiger partial charge on any atom is -0.422 e. The molecule has 0 radical (unpaired) electrons. The Labute approximate surface area is 128 Å². The van der Waals surface area contributed by atoms with Gasteiger partial charge in [0, 0.05) is 20.3 Å². The zero-order valence-corrected chi connectivity index (χ0v) is 12.9. The summed E-state index contributed by atoms with van der Waals surface area (Å²) in [5.41, 5.74) is 0.471. The van der Waals surface area contributed by atoms with E-state index in [1.54, 1.807) is 0 Å². The molecule has 0 saturated carbocycles. The highest BCUT2D eigenvalue weighted by molar-refractivity contribution is 9.10. The molecule has 5 nitrogen and oxygen atoms in total. The van der Waals surface area contributed by atoms with Crippen molar-refractivity contribution in [3.63, 3.8) is 0 Å². The summed E-state index contributed by atoms with van der Waals surface area (Å²) in [6.45, 7) is 2.81. The quantitative estimate of drug-likeness (QED) is 0.611. The number of carbonyl (C=O) groups excluding carboxylic acids is 3. The third-order valence-electron chi connectivity index (χ3n) is 2.85. The standard InChI is InChI=1S/C14H12BrFO5/c1-14(2)20-12(18)11(13(19)21-14)10(17)6-7-3-4-9(16)8(15)5-7/h3-5,11H,6H2,1-2H3. The van der Waals surface area contributed by atoms with Gasteiger partial charge in [-0.2, -0.15) is 0 Å². The van der Waals surface area contributed by atoms with Crippen molar-refractivity contribution in [1.82, 2.24) is 0 Å². The van der Waals surface area contributed by atoms with Crippen LogP contribution in [0.25, 0.3) is 0 Å². The Kier molecular flexibility index (Phi) is 4.13. The van der Waals surface area contributed by atoms with Gasteiger partial charge in [0.05, 0.1) is 4.47 Å². The third-order valence-corrected chi connectivity index (χ3v) is 3.46. The molecule has 1 aromatic carbocycles. The number of ether oxygens (including phenoxy) is 2. The number of rotatable bonds is 3. The molecule has 0 aromatic heterocycles. The summed E-state index contributed by atoms with van der Waals surface area (Å²) in [5, 5.41) is 0. The zero-order chi connectivity index (χ0) is 15.8. The molecule has 7 heteroatoms. The Balaban J connectivity index is 2.14. The van der Waals surface area contributed by atoms with Crippen molar-refractivity contribution < 1.29 is 28.2 Å². The van der Waals surface area contributed by atoms with Gasteiger partial charge in [-0.3, -0.25) is 14.4 Å². The number of benzene rings is 1. The first-order chi connectivity index (χ1) is 9.69. The number of cyclic esters (lactones) is 2. The average molecular weight is 359 g/mol. The van der Waals surface area contributed by atoms with Gasteiger partial charge >= 0.3 is 11.9 Å². The molecule has 0 bridgehead atoms. The van der Waals surface area contributed by atoms with Gasteiger partial charge < -0.3 is 9.47 Å². The van der Waals surface area contributed by atoms with E-state index in [0.717, 1.165) is 0 Å². The minimum atomic E-state index is -1.60. The fraction of sp³-hybridized carbons (Fsp3) is 0.357. The van der Waals surface area contributed by atoms with Gasteiger partial charge in [-0.1, -0.05) is 6.07 Å². The smallest absolute Gasteiger partial charge is 0.331 e. The van der Waals surface area contributed by atoms with Gasteiger partial charge in [0.15, 0.2) is 5.78 Å². The number of carbonyl (C=O) groups is 3. The van der Waals surface area contributed by atoms with Crippen LogP contribution in [-0.2, 0) is 30.3 Å². The van der Waals surface area contributed by atoms with Crippen molar-refractivity contribution in [2.75, 3.05) is 0 Å². The van der Waals surface area contributed by atoms with Crippen LogP contribution in [0.4, 0.5) is 4.39 Å². The van der Waals surface area contributed by atoms with Crippen LogP contribution in [0, 0.1) is 11.7 Å². The summed E-state index contributed by atoms with van der Waals surface area (Å²) >= 11 is 3.00. The minimum absolute atomic E-state index is 0.197. The molecule has 1 aliphatic rings. The maximum Gasteiger partial charge on any atom is 0.331 e. The Morgan fingerprint density at radius 3 is 2.38 bits per heavy atom. The molecule has 1 heterocycles. The van der Waals surface area contributed by atoms with E-state index in [-0.39, 0.29) is 10.9 Å². The van der Waals surface area contributed by atoms with Crippen LogP contribution < -0.4 is 0 Å². The molecule has 1 aliphatic heterocycles. The Bertz CT molecular complexity index is 606. The topological polar surface area (TPSA) is 69.7 Å². The maximum atomic E-state index is 13.1. The second kappa shape index (κ2) is 5.55. The predicted molar refractivity (Wildman–Crippen MR) is 72.6 cm³/mol. The summed E-state index contributed by atoms with van der Waals surface area (Å²) < 4.78 is 23.1. The number of Topliss-reactive ketones (excluding diaryl/α,β-unsaturated/α-hetero) is 1. The highest BCUT2D eigenvalue weighted by atomic mass is 79.9. The molecular formula is C14H12BrFO5. The SMILES string of the molecule is CC1(C)OC(=O)C(C(=O)Cc2ccc(F)c(Br)c2)C(=O)O1. The van der Waals surface area contributed by atoms with Gasteiger partial charge in [0.2, 0.25) is 5.92 Å². The van der Waals surface area contributed by atoms with Gasteiger partial charge in [-0.25, -0.2) is 4.39 Å². The molecule has 0 N–H and O–H groups in total. The van der Waals surface area contributed by atoms with Gasteiger partial charge in [-0.15, -0.1) is 0 Å². The van der Waals surface area contributed by atoms with Gasteiger partial charge in [0.1, 0.15) is 5.82 Å². The summed E-state index contributed by atoms with van der Waals surface area (Å²) in [6, 6.07) is 4.01. The fourth-order valence-corrected chi connectivity index (χ4v) is 2.36. The van der Waals surface area contributed by atoms with Crippen molar-refractivity contribution >= 4 is 33.7 Å². The number of esters is 2. The van der Waals surface area contributed by atoms with Crippen molar-refractivity contribution in [2.45, 2.75) is 26.1 Å². The lowest BCUT2D eigenvalue weighted by Crippen LogP contribution is -2.49. The van der Waals surface area contributed by atoms with E-state index >= 15 is 0 Å². The van der Waals surface area contributed by atoms with Crippen molar-refractivity contribution in [2.24, 2.45) is 5.92 Å². The second-order valence-corrected chi connectivity index (χ2v) is 5.92. The van der Waals surface area contributed by atoms with E-state index in [9.17, 15) is 18.8 Å². The highest BCUT2D eigenvalue weighted by Gasteiger charge is 2.46. The summed E-state index contributed by atoms with van der Waals surface area (Å²) in [4.78, 5) is 35.6. The number of halogens is 2. The van der Waals surface area contributed by atoms with Gasteiger partial charge in [-0.05, 0) is 33.6 Å². The largest absolute Gasteiger partial charge is 0.422 e. The number of ketones is 1. The molecule has 21 heavy (non-hydrogen) atoms. The lowest BCUT2D eigenvalue weighted by molar-refractivity contribution is -0.238. The Hall–Kier alpha value is -1.76. The monoisotopic (exact) mass is 358 g/mol. The van der Waals surface area contributed by atoms with E-state index in [1.807, 2.05) is 0 Å². The number of hydrogen-bond acceptors (Lipinski definition) is 5. The van der Waals surface area contributed by atoms with Crippen LogP contribution in [0.5, 0.6) is 0 Å². The summed E-state index contributed by atoms with van der Waals surface area (Å²) in [6.07, 6.45) is -0.200. The molecule has 1 saturated heterocycles. The zero-order valence-electron chi connectivity index (χ0n) is 11.3. The summed E-state index contributed by atoms with van der Waals surface area (Å²) in [5.74, 6) is -5.95. The van der Waals surface area contributed by atoms with Crippen molar-refractivity contribution in [1.29, 1.82) is 0 Å². The van der Waals surface area contributed by atoms with E-state index in [2.05, 4.69) is 15.9 Å². The average Bonchev–Trinajstić information content (AvgIpc) is 2.31. The molecule has 0 aliphatic carbocycles. The molecule has 0 atom stereocenters. The molecular weight excluding hydrogens is 347 g/mol. The van der Waals surface area contributed by atoms with E-state index in [0.29, 0.717) is 5.56 Å². The van der Waals surface area contributed by atoms with Crippen molar-refractivity contribution in [3.8, 4) is 0 Å². The van der Waals surface area contributed by atoms with E-state index < -0.39 is 35.2 Å². The first-order valence-electron chi connectivity index (χ1n) is 6.12. The first kappa shape index (κ1) is 15.6. The highest BCUT2D eigenvalue weighted by Crippen LogP contribution is 2.25. The lowest BCUT2D eigenvalue weighted by Gasteiger charge is -2.32. The molecule has 2 rings (SSSR count). The van der Waals surface area contributed by atoms with Crippen LogP contribution in [0.1, 0.15) is 19.4 Å². The predicted octanol–water partition coefficient (Wildman–Crippen LogP) is 2.15. The third kappa shape index (κ3) is 3.47. The van der Waals surface area contributed by atoms with Gasteiger partial charge in [0.25, 0.3) is 5.79 Å². The molecule has 112 valence electrons. The lowest BCUT2D eigenvalue weighted by atomic mass is 9.97.